The van der Waals surface area contributed by atoms with E-state index in [2.05, 4.69) is 16.2 Å². The SMILES string of the molecule is O=C(NNc1ccccc1)C(=Cc1cccc2ccccc12)NC(=O)c1ccccc1. The van der Waals surface area contributed by atoms with Gasteiger partial charge in [-0.2, -0.15) is 0 Å². The standard InChI is InChI=1S/C26H21N3O2/c30-25(20-11-3-1-4-12-20)27-24(26(31)29-28-22-15-5-2-6-16-22)18-21-14-9-13-19-10-7-8-17-23(19)21/h1-18,28H,(H,27,30)(H,29,31). The number of hydrogen-bond acceptors (Lipinski definition) is 3. The largest absolute Gasteiger partial charge is 0.317 e. The molecule has 3 N–H and O–H groups in total. The Kier molecular flexibility index (Phi) is 6.05. The summed E-state index contributed by atoms with van der Waals surface area (Å²) < 4.78 is 0. The second kappa shape index (κ2) is 9.41. The van der Waals surface area contributed by atoms with E-state index < -0.39 is 5.91 Å². The predicted octanol–water partition coefficient (Wildman–Crippen LogP) is 4.75. The van der Waals surface area contributed by atoms with Crippen molar-refractivity contribution in [3.63, 3.8) is 0 Å². The molecule has 0 bridgehead atoms. The highest BCUT2D eigenvalue weighted by atomic mass is 16.2. The molecule has 5 heteroatoms. The van der Waals surface area contributed by atoms with E-state index in [0.717, 1.165) is 22.0 Å². The molecule has 0 atom stereocenters. The third-order valence-electron chi connectivity index (χ3n) is 4.75. The zero-order chi connectivity index (χ0) is 21.5. The van der Waals surface area contributed by atoms with E-state index in [1.807, 2.05) is 78.9 Å². The van der Waals surface area contributed by atoms with Crippen LogP contribution in [0.2, 0.25) is 0 Å². The molecule has 0 aliphatic heterocycles. The maximum absolute atomic E-state index is 13.0. The summed E-state index contributed by atoms with van der Waals surface area (Å²) in [6.45, 7) is 0. The topological polar surface area (TPSA) is 70.2 Å². The lowest BCUT2D eigenvalue weighted by atomic mass is 10.0. The van der Waals surface area contributed by atoms with Crippen LogP contribution in [0.15, 0.2) is 109 Å². The van der Waals surface area contributed by atoms with E-state index in [9.17, 15) is 9.59 Å². The number of hydrazine groups is 1. The maximum Gasteiger partial charge on any atom is 0.286 e. The fourth-order valence-corrected chi connectivity index (χ4v) is 3.19. The molecule has 4 rings (SSSR count). The molecule has 5 nitrogen and oxygen atoms in total. The first-order valence-corrected chi connectivity index (χ1v) is 9.88. The third-order valence-corrected chi connectivity index (χ3v) is 4.75. The summed E-state index contributed by atoms with van der Waals surface area (Å²) in [5.74, 6) is -0.817. The van der Waals surface area contributed by atoms with Gasteiger partial charge in [0.1, 0.15) is 5.70 Å². The second-order valence-corrected chi connectivity index (χ2v) is 6.89. The number of fused-ring (bicyclic) bond motifs is 1. The highest BCUT2D eigenvalue weighted by Crippen LogP contribution is 2.20. The zero-order valence-corrected chi connectivity index (χ0v) is 16.7. The van der Waals surface area contributed by atoms with Crippen molar-refractivity contribution < 1.29 is 9.59 Å². The van der Waals surface area contributed by atoms with Crippen molar-refractivity contribution in [1.82, 2.24) is 10.7 Å². The Morgan fingerprint density at radius 3 is 2.10 bits per heavy atom. The maximum atomic E-state index is 13.0. The molecule has 0 unspecified atom stereocenters. The van der Waals surface area contributed by atoms with Gasteiger partial charge in [-0.25, -0.2) is 0 Å². The summed E-state index contributed by atoms with van der Waals surface area (Å²) >= 11 is 0. The number of hydrogen-bond donors (Lipinski definition) is 3. The minimum Gasteiger partial charge on any atom is -0.317 e. The molecular formula is C26H21N3O2. The Morgan fingerprint density at radius 2 is 1.32 bits per heavy atom. The van der Waals surface area contributed by atoms with Crippen molar-refractivity contribution in [3.8, 4) is 0 Å². The molecule has 0 saturated carbocycles. The highest BCUT2D eigenvalue weighted by molar-refractivity contribution is 6.06. The zero-order valence-electron chi connectivity index (χ0n) is 16.7. The van der Waals surface area contributed by atoms with Gasteiger partial charge in [-0.3, -0.25) is 20.4 Å². The van der Waals surface area contributed by atoms with Gasteiger partial charge in [-0.1, -0.05) is 78.9 Å². The first-order valence-electron chi connectivity index (χ1n) is 9.88. The number of anilines is 1. The van der Waals surface area contributed by atoms with E-state index in [1.165, 1.54) is 0 Å². The molecule has 152 valence electrons. The minimum absolute atomic E-state index is 0.133. The smallest absolute Gasteiger partial charge is 0.286 e. The Hall–Kier alpha value is -4.38. The van der Waals surface area contributed by atoms with Crippen molar-refractivity contribution in [1.29, 1.82) is 0 Å². The molecule has 4 aromatic carbocycles. The molecule has 2 amide bonds. The van der Waals surface area contributed by atoms with Crippen LogP contribution in [0.5, 0.6) is 0 Å². The van der Waals surface area contributed by atoms with Crippen molar-refractivity contribution in [2.75, 3.05) is 5.43 Å². The van der Waals surface area contributed by atoms with Crippen LogP contribution < -0.4 is 16.2 Å². The monoisotopic (exact) mass is 407 g/mol. The Labute approximate surface area is 180 Å². The van der Waals surface area contributed by atoms with Gasteiger partial charge in [0.05, 0.1) is 5.69 Å². The average molecular weight is 407 g/mol. The molecule has 0 aromatic heterocycles. The predicted molar refractivity (Wildman–Crippen MR) is 124 cm³/mol. The van der Waals surface area contributed by atoms with E-state index in [4.69, 9.17) is 0 Å². The van der Waals surface area contributed by atoms with Crippen LogP contribution in [0, 0.1) is 0 Å². The lowest BCUT2D eigenvalue weighted by molar-refractivity contribution is -0.117. The molecule has 0 heterocycles. The van der Waals surface area contributed by atoms with Crippen LogP contribution in [-0.4, -0.2) is 11.8 Å². The first kappa shape index (κ1) is 19.9. The summed E-state index contributed by atoms with van der Waals surface area (Å²) in [5, 5.41) is 4.79. The highest BCUT2D eigenvalue weighted by Gasteiger charge is 2.15. The van der Waals surface area contributed by atoms with Crippen molar-refractivity contribution in [2.45, 2.75) is 0 Å². The number of amides is 2. The Balaban J connectivity index is 1.65. The van der Waals surface area contributed by atoms with Crippen LogP contribution in [0.1, 0.15) is 15.9 Å². The van der Waals surface area contributed by atoms with Crippen molar-refractivity contribution in [2.24, 2.45) is 0 Å². The summed E-state index contributed by atoms with van der Waals surface area (Å²) in [4.78, 5) is 25.7. The molecule has 0 saturated heterocycles. The molecule has 0 aliphatic rings. The Bertz CT molecular complexity index is 1230. The van der Waals surface area contributed by atoms with Gasteiger partial charge in [0.2, 0.25) is 0 Å². The molecule has 0 aliphatic carbocycles. The van der Waals surface area contributed by atoms with Gasteiger partial charge in [0.15, 0.2) is 0 Å². The number of rotatable bonds is 6. The van der Waals surface area contributed by atoms with E-state index in [0.29, 0.717) is 5.56 Å². The molecule has 0 radical (unpaired) electrons. The molecule has 0 fully saturated rings. The van der Waals surface area contributed by atoms with Crippen LogP contribution in [0.4, 0.5) is 5.69 Å². The van der Waals surface area contributed by atoms with Crippen LogP contribution in [0.25, 0.3) is 16.8 Å². The van der Waals surface area contributed by atoms with E-state index in [1.54, 1.807) is 30.3 Å². The normalized spacial score (nSPS) is 11.0. The average Bonchev–Trinajstić information content (AvgIpc) is 2.83. The Morgan fingerprint density at radius 1 is 0.677 bits per heavy atom. The minimum atomic E-state index is -0.457. The summed E-state index contributed by atoms with van der Waals surface area (Å²) in [6, 6.07) is 31.8. The van der Waals surface area contributed by atoms with Gasteiger partial charge in [-0.15, -0.1) is 0 Å². The molecule has 31 heavy (non-hydrogen) atoms. The van der Waals surface area contributed by atoms with Crippen LogP contribution in [-0.2, 0) is 4.79 Å². The van der Waals surface area contributed by atoms with Gasteiger partial charge in [-0.05, 0) is 46.7 Å². The third kappa shape index (κ3) is 4.97. The van der Waals surface area contributed by atoms with Gasteiger partial charge < -0.3 is 5.32 Å². The number of nitrogens with one attached hydrogen (secondary N) is 3. The second-order valence-electron chi connectivity index (χ2n) is 6.89. The van der Waals surface area contributed by atoms with E-state index in [-0.39, 0.29) is 11.6 Å². The molecule has 4 aromatic rings. The summed E-state index contributed by atoms with van der Waals surface area (Å²) in [6.07, 6.45) is 1.69. The fraction of sp³-hybridized carbons (Fsp3) is 0. The number of benzene rings is 4. The fourth-order valence-electron chi connectivity index (χ4n) is 3.19. The van der Waals surface area contributed by atoms with Gasteiger partial charge >= 0.3 is 0 Å². The lowest BCUT2D eigenvalue weighted by Gasteiger charge is -2.13. The lowest BCUT2D eigenvalue weighted by Crippen LogP contribution is -2.37. The van der Waals surface area contributed by atoms with Crippen LogP contribution in [0.3, 0.4) is 0 Å². The van der Waals surface area contributed by atoms with Crippen LogP contribution >= 0.6 is 0 Å². The quantitative estimate of drug-likeness (QED) is 0.319. The first-order chi connectivity index (χ1) is 15.2. The van der Waals surface area contributed by atoms with Crippen molar-refractivity contribution >= 4 is 34.4 Å². The van der Waals surface area contributed by atoms with Gasteiger partial charge in [0.25, 0.3) is 11.8 Å². The van der Waals surface area contributed by atoms with Crippen molar-refractivity contribution in [3.05, 3.63) is 120 Å². The molecular weight excluding hydrogens is 386 g/mol. The summed E-state index contributed by atoms with van der Waals surface area (Å²) in [5.41, 5.74) is 7.68. The van der Waals surface area contributed by atoms with Gasteiger partial charge in [0, 0.05) is 5.56 Å². The van der Waals surface area contributed by atoms with E-state index >= 15 is 0 Å². The number of carbonyl (C=O) groups excluding carboxylic acids is 2. The number of carbonyl (C=O) groups is 2. The summed E-state index contributed by atoms with van der Waals surface area (Å²) in [7, 11) is 0. The number of para-hydroxylation sites is 1. The molecule has 0 spiro atoms.